The van der Waals surface area contributed by atoms with Crippen LogP contribution in [0.25, 0.3) is 0 Å². The molecule has 0 aliphatic heterocycles. The Hall–Kier alpha value is -1.40. The molecule has 0 amide bonds. The fraction of sp³-hybridized carbons (Fsp3) is 0.462. The second-order valence-electron chi connectivity index (χ2n) is 4.93. The molecular formula is C13H17NO4S. The van der Waals surface area contributed by atoms with Crippen LogP contribution in [0.15, 0.2) is 29.2 Å². The quantitative estimate of drug-likeness (QED) is 0.894. The summed E-state index contributed by atoms with van der Waals surface area (Å²) in [6.45, 7) is 1.89. The van der Waals surface area contributed by atoms with E-state index in [4.69, 9.17) is 5.11 Å². The van der Waals surface area contributed by atoms with Gasteiger partial charge in [0, 0.05) is 13.1 Å². The van der Waals surface area contributed by atoms with Crippen LogP contribution in [0.5, 0.6) is 0 Å². The third-order valence-electron chi connectivity index (χ3n) is 3.64. The van der Waals surface area contributed by atoms with Crippen molar-refractivity contribution >= 4 is 16.0 Å². The van der Waals surface area contributed by atoms with E-state index in [1.165, 1.54) is 28.6 Å². The van der Waals surface area contributed by atoms with Crippen molar-refractivity contribution in [3.05, 3.63) is 29.8 Å². The minimum absolute atomic E-state index is 0.0199. The number of carboxylic acids is 1. The number of carboxylic acid groups (broad SMARTS) is 1. The van der Waals surface area contributed by atoms with Crippen LogP contribution in [-0.4, -0.2) is 36.9 Å². The van der Waals surface area contributed by atoms with E-state index in [1.54, 1.807) is 7.05 Å². The maximum atomic E-state index is 12.4. The van der Waals surface area contributed by atoms with Crippen LogP contribution in [0.2, 0.25) is 0 Å². The predicted molar refractivity (Wildman–Crippen MR) is 70.5 cm³/mol. The molecule has 2 rings (SSSR count). The first kappa shape index (κ1) is 14.0. The minimum atomic E-state index is -3.63. The van der Waals surface area contributed by atoms with E-state index < -0.39 is 16.0 Å². The number of carbonyl (C=O) groups is 1. The fourth-order valence-corrected chi connectivity index (χ4v) is 3.52. The maximum Gasteiger partial charge on any atom is 0.335 e. The van der Waals surface area contributed by atoms with Gasteiger partial charge in [0.25, 0.3) is 0 Å². The second kappa shape index (κ2) is 4.94. The zero-order valence-electron chi connectivity index (χ0n) is 10.9. The molecule has 0 saturated heterocycles. The Kier molecular flexibility index (Phi) is 3.64. The fourth-order valence-electron chi connectivity index (χ4n) is 2.05. The Morgan fingerprint density at radius 3 is 2.58 bits per heavy atom. The molecule has 1 aromatic rings. The van der Waals surface area contributed by atoms with Crippen LogP contribution < -0.4 is 0 Å². The Morgan fingerprint density at radius 1 is 1.42 bits per heavy atom. The van der Waals surface area contributed by atoms with Gasteiger partial charge in [-0.1, -0.05) is 6.07 Å². The summed E-state index contributed by atoms with van der Waals surface area (Å²) in [5, 5.41) is 8.91. The molecule has 1 fully saturated rings. The van der Waals surface area contributed by atoms with Crippen LogP contribution in [0, 0.1) is 5.92 Å². The lowest BCUT2D eigenvalue weighted by molar-refractivity contribution is 0.0696. The van der Waals surface area contributed by atoms with Gasteiger partial charge < -0.3 is 5.11 Å². The number of rotatable bonds is 5. The molecular weight excluding hydrogens is 266 g/mol. The number of benzene rings is 1. The highest BCUT2D eigenvalue weighted by molar-refractivity contribution is 7.89. The van der Waals surface area contributed by atoms with E-state index >= 15 is 0 Å². The summed E-state index contributed by atoms with van der Waals surface area (Å²) in [5.41, 5.74) is -0.0199. The number of hydrogen-bond donors (Lipinski definition) is 1. The predicted octanol–water partition coefficient (Wildman–Crippen LogP) is 1.80. The summed E-state index contributed by atoms with van der Waals surface area (Å²) in [6, 6.07) is 5.40. The highest BCUT2D eigenvalue weighted by Crippen LogP contribution is 2.36. The smallest absolute Gasteiger partial charge is 0.335 e. The van der Waals surface area contributed by atoms with Gasteiger partial charge in [-0.05, 0) is 43.9 Å². The van der Waals surface area contributed by atoms with E-state index in [0.29, 0.717) is 5.92 Å². The van der Waals surface area contributed by atoms with Crippen molar-refractivity contribution in [3.8, 4) is 0 Å². The van der Waals surface area contributed by atoms with Gasteiger partial charge in [-0.2, -0.15) is 4.31 Å². The van der Waals surface area contributed by atoms with Crippen LogP contribution >= 0.6 is 0 Å². The molecule has 0 spiro atoms. The van der Waals surface area contributed by atoms with Gasteiger partial charge in [0.15, 0.2) is 0 Å². The first-order valence-electron chi connectivity index (χ1n) is 6.15. The average molecular weight is 283 g/mol. The lowest BCUT2D eigenvalue weighted by Crippen LogP contribution is -2.36. The third kappa shape index (κ3) is 2.79. The molecule has 1 aliphatic rings. The summed E-state index contributed by atoms with van der Waals surface area (Å²) in [7, 11) is -2.08. The number of nitrogens with zero attached hydrogens (tertiary/aromatic N) is 1. The molecule has 1 aliphatic carbocycles. The van der Waals surface area contributed by atoms with E-state index in [0.717, 1.165) is 12.8 Å². The van der Waals surface area contributed by atoms with E-state index in [1.807, 2.05) is 6.92 Å². The summed E-state index contributed by atoms with van der Waals surface area (Å²) in [5.74, 6) is -0.711. The van der Waals surface area contributed by atoms with Crippen molar-refractivity contribution in [1.82, 2.24) is 4.31 Å². The molecule has 0 heterocycles. The van der Waals surface area contributed by atoms with Crippen molar-refractivity contribution in [2.75, 3.05) is 7.05 Å². The van der Waals surface area contributed by atoms with Gasteiger partial charge in [0.05, 0.1) is 10.5 Å². The maximum absolute atomic E-state index is 12.4. The van der Waals surface area contributed by atoms with Gasteiger partial charge >= 0.3 is 5.97 Å². The normalized spacial score (nSPS) is 17.4. The summed E-state index contributed by atoms with van der Waals surface area (Å²) in [4.78, 5) is 10.9. The zero-order valence-corrected chi connectivity index (χ0v) is 11.7. The molecule has 1 atom stereocenters. The van der Waals surface area contributed by atoms with E-state index in [2.05, 4.69) is 0 Å². The molecule has 1 N–H and O–H groups in total. The van der Waals surface area contributed by atoms with Crippen LogP contribution in [0.1, 0.15) is 30.1 Å². The number of hydrogen-bond acceptors (Lipinski definition) is 3. The van der Waals surface area contributed by atoms with Crippen LogP contribution in [0.3, 0.4) is 0 Å². The number of sulfonamides is 1. The Bertz CT molecular complexity index is 592. The molecule has 0 bridgehead atoms. The largest absolute Gasteiger partial charge is 0.478 e. The van der Waals surface area contributed by atoms with Gasteiger partial charge in [-0.3, -0.25) is 0 Å². The third-order valence-corrected chi connectivity index (χ3v) is 5.58. The average Bonchev–Trinajstić information content (AvgIpc) is 3.21. The van der Waals surface area contributed by atoms with E-state index in [9.17, 15) is 13.2 Å². The van der Waals surface area contributed by atoms with Gasteiger partial charge in [0.2, 0.25) is 10.0 Å². The molecule has 1 unspecified atom stereocenters. The molecule has 0 radical (unpaired) electrons. The zero-order chi connectivity index (χ0) is 14.2. The lowest BCUT2D eigenvalue weighted by atomic mass is 10.2. The highest BCUT2D eigenvalue weighted by atomic mass is 32.2. The number of aromatic carboxylic acids is 1. The standard InChI is InChI=1S/C13H17NO4S/c1-9(10-6-7-10)14(2)19(17,18)12-5-3-4-11(8-12)13(15)16/h3-5,8-10H,6-7H2,1-2H3,(H,15,16). The Morgan fingerprint density at radius 2 is 2.05 bits per heavy atom. The van der Waals surface area contributed by atoms with E-state index in [-0.39, 0.29) is 16.5 Å². The molecule has 5 nitrogen and oxygen atoms in total. The summed E-state index contributed by atoms with van der Waals surface area (Å²) < 4.78 is 26.2. The Balaban J connectivity index is 2.33. The van der Waals surface area contributed by atoms with Crippen molar-refractivity contribution in [2.24, 2.45) is 5.92 Å². The molecule has 0 aromatic heterocycles. The van der Waals surface area contributed by atoms with Crippen molar-refractivity contribution < 1.29 is 18.3 Å². The summed E-state index contributed by atoms with van der Waals surface area (Å²) in [6.07, 6.45) is 2.10. The molecule has 6 heteroatoms. The minimum Gasteiger partial charge on any atom is -0.478 e. The Labute approximate surface area is 112 Å². The second-order valence-corrected chi connectivity index (χ2v) is 6.93. The van der Waals surface area contributed by atoms with Crippen LogP contribution in [-0.2, 0) is 10.0 Å². The SMILES string of the molecule is CC(C1CC1)N(C)S(=O)(=O)c1cccc(C(=O)O)c1. The molecule has 1 saturated carbocycles. The first-order valence-corrected chi connectivity index (χ1v) is 7.59. The topological polar surface area (TPSA) is 74.7 Å². The van der Waals surface area contributed by atoms with Gasteiger partial charge in [0.1, 0.15) is 0 Å². The summed E-state index contributed by atoms with van der Waals surface area (Å²) >= 11 is 0. The van der Waals surface area contributed by atoms with Crippen molar-refractivity contribution in [1.29, 1.82) is 0 Å². The highest BCUT2D eigenvalue weighted by Gasteiger charge is 2.36. The van der Waals surface area contributed by atoms with Crippen LogP contribution in [0.4, 0.5) is 0 Å². The van der Waals surface area contributed by atoms with Crippen molar-refractivity contribution in [3.63, 3.8) is 0 Å². The molecule has 1 aromatic carbocycles. The monoisotopic (exact) mass is 283 g/mol. The van der Waals surface area contributed by atoms with Crippen molar-refractivity contribution in [2.45, 2.75) is 30.7 Å². The molecule has 19 heavy (non-hydrogen) atoms. The first-order chi connectivity index (χ1) is 8.84. The van der Waals surface area contributed by atoms with Gasteiger partial charge in [-0.25, -0.2) is 13.2 Å². The molecule has 104 valence electrons. The lowest BCUT2D eigenvalue weighted by Gasteiger charge is -2.24. The van der Waals surface area contributed by atoms with Gasteiger partial charge in [-0.15, -0.1) is 0 Å².